The molecular formula is C19H17N3O3S. The Balaban J connectivity index is 1.53. The van der Waals surface area contributed by atoms with Gasteiger partial charge in [0.1, 0.15) is 5.76 Å². The molecular weight excluding hydrogens is 350 g/mol. The van der Waals surface area contributed by atoms with Crippen LogP contribution in [0.5, 0.6) is 0 Å². The summed E-state index contributed by atoms with van der Waals surface area (Å²) in [6, 6.07) is 13.0. The largest absolute Gasteiger partial charge is 0.448 e. The minimum Gasteiger partial charge on any atom is -0.448 e. The van der Waals surface area contributed by atoms with E-state index in [-0.39, 0.29) is 17.1 Å². The van der Waals surface area contributed by atoms with E-state index < -0.39 is 0 Å². The maximum Gasteiger partial charge on any atom is 0.292 e. The van der Waals surface area contributed by atoms with Gasteiger partial charge in [-0.25, -0.2) is 4.98 Å². The zero-order valence-corrected chi connectivity index (χ0v) is 15.4. The van der Waals surface area contributed by atoms with Crippen molar-refractivity contribution >= 4 is 33.3 Å². The number of aromatic nitrogens is 2. The fraction of sp³-hybridized carbons (Fsp3) is 0.211. The molecule has 0 saturated heterocycles. The first kappa shape index (κ1) is 16.5. The molecule has 0 atom stereocenters. The van der Waals surface area contributed by atoms with Gasteiger partial charge in [-0.05, 0) is 24.3 Å². The Morgan fingerprint density at radius 2 is 1.96 bits per heavy atom. The highest BCUT2D eigenvalue weighted by atomic mass is 32.1. The lowest BCUT2D eigenvalue weighted by Gasteiger charge is -2.11. The molecule has 0 aliphatic carbocycles. The fourth-order valence-electron chi connectivity index (χ4n) is 2.42. The summed E-state index contributed by atoms with van der Waals surface area (Å²) in [5, 5.41) is 7.31. The maximum atomic E-state index is 12.4. The summed E-state index contributed by atoms with van der Waals surface area (Å²) < 4.78 is 12.0. The van der Waals surface area contributed by atoms with Crippen LogP contribution in [0.4, 0.5) is 5.82 Å². The van der Waals surface area contributed by atoms with E-state index in [1.165, 1.54) is 11.3 Å². The number of anilines is 1. The Bertz CT molecular complexity index is 1050. The summed E-state index contributed by atoms with van der Waals surface area (Å²) >= 11 is 1.52. The molecule has 1 aromatic carbocycles. The van der Waals surface area contributed by atoms with E-state index in [1.807, 2.05) is 45.0 Å². The van der Waals surface area contributed by atoms with Gasteiger partial charge in [0, 0.05) is 11.5 Å². The van der Waals surface area contributed by atoms with Crippen molar-refractivity contribution in [1.29, 1.82) is 0 Å². The Morgan fingerprint density at radius 1 is 1.15 bits per heavy atom. The first-order chi connectivity index (χ1) is 12.4. The average molecular weight is 367 g/mol. The molecule has 7 heteroatoms. The second kappa shape index (κ2) is 6.10. The zero-order chi connectivity index (χ0) is 18.3. The fourth-order valence-corrected chi connectivity index (χ4v) is 3.35. The van der Waals surface area contributed by atoms with Gasteiger partial charge >= 0.3 is 0 Å². The van der Waals surface area contributed by atoms with Crippen LogP contribution in [0.3, 0.4) is 0 Å². The number of benzene rings is 1. The molecule has 6 nitrogen and oxygen atoms in total. The molecule has 0 aliphatic rings. The van der Waals surface area contributed by atoms with Crippen LogP contribution in [0.15, 0.2) is 51.4 Å². The predicted molar refractivity (Wildman–Crippen MR) is 100 cm³/mol. The van der Waals surface area contributed by atoms with Crippen LogP contribution in [0.25, 0.3) is 21.0 Å². The Labute approximate surface area is 153 Å². The molecule has 3 aromatic heterocycles. The number of hydrogen-bond acceptors (Lipinski definition) is 6. The Morgan fingerprint density at radius 3 is 2.69 bits per heavy atom. The van der Waals surface area contributed by atoms with Crippen LogP contribution in [-0.2, 0) is 5.41 Å². The number of thiazole rings is 1. The van der Waals surface area contributed by atoms with Crippen LogP contribution >= 0.6 is 11.3 Å². The molecule has 0 spiro atoms. The van der Waals surface area contributed by atoms with Gasteiger partial charge < -0.3 is 14.3 Å². The number of nitrogens with one attached hydrogen (secondary N) is 1. The molecule has 26 heavy (non-hydrogen) atoms. The van der Waals surface area contributed by atoms with E-state index >= 15 is 0 Å². The molecule has 1 amide bonds. The van der Waals surface area contributed by atoms with Crippen molar-refractivity contribution in [2.45, 2.75) is 26.2 Å². The maximum absolute atomic E-state index is 12.4. The van der Waals surface area contributed by atoms with Gasteiger partial charge in [-0.3, -0.25) is 4.79 Å². The van der Waals surface area contributed by atoms with Crippen molar-refractivity contribution in [2.24, 2.45) is 0 Å². The first-order valence-electron chi connectivity index (χ1n) is 8.14. The number of carbonyl (C=O) groups excluding carboxylic acids is 1. The third-order valence-corrected chi connectivity index (χ3v) is 4.88. The van der Waals surface area contributed by atoms with Crippen molar-refractivity contribution < 1.29 is 13.7 Å². The van der Waals surface area contributed by atoms with Crippen LogP contribution in [0, 0.1) is 0 Å². The van der Waals surface area contributed by atoms with Gasteiger partial charge in [-0.1, -0.05) is 38.1 Å². The summed E-state index contributed by atoms with van der Waals surface area (Å²) in [6.45, 7) is 6.03. The van der Waals surface area contributed by atoms with E-state index in [0.29, 0.717) is 17.3 Å². The van der Waals surface area contributed by atoms with E-state index in [4.69, 9.17) is 8.94 Å². The lowest BCUT2D eigenvalue weighted by Crippen LogP contribution is -2.11. The lowest BCUT2D eigenvalue weighted by atomic mass is 9.93. The van der Waals surface area contributed by atoms with E-state index in [1.54, 1.807) is 18.2 Å². The van der Waals surface area contributed by atoms with Crippen LogP contribution < -0.4 is 5.32 Å². The average Bonchev–Trinajstić information content (AvgIpc) is 3.32. The second-order valence-corrected chi connectivity index (χ2v) is 7.96. The smallest absolute Gasteiger partial charge is 0.292 e. The monoisotopic (exact) mass is 367 g/mol. The van der Waals surface area contributed by atoms with Crippen LogP contribution in [0.1, 0.15) is 37.1 Å². The molecule has 1 N–H and O–H groups in total. The zero-order valence-electron chi connectivity index (χ0n) is 14.6. The third kappa shape index (κ3) is 3.13. The van der Waals surface area contributed by atoms with Gasteiger partial charge in [0.2, 0.25) is 0 Å². The summed E-state index contributed by atoms with van der Waals surface area (Å²) in [5.41, 5.74) is 0.730. The Kier molecular flexibility index (Phi) is 3.88. The van der Waals surface area contributed by atoms with Gasteiger partial charge in [-0.15, -0.1) is 11.3 Å². The highest BCUT2D eigenvalue weighted by molar-refractivity contribution is 7.21. The van der Waals surface area contributed by atoms with E-state index in [0.717, 1.165) is 15.2 Å². The van der Waals surface area contributed by atoms with Gasteiger partial charge in [0.25, 0.3) is 5.91 Å². The molecule has 0 saturated carbocycles. The molecule has 0 bridgehead atoms. The standard InChI is InChI=1S/C19H17N3O3S/c1-19(2,3)15-10-16(22-25-15)21-17(23)12-8-9-13(24-12)18-20-11-6-4-5-7-14(11)26-18/h4-10H,1-3H3,(H,21,22,23). The van der Waals surface area contributed by atoms with Crippen molar-refractivity contribution in [3.63, 3.8) is 0 Å². The van der Waals surface area contributed by atoms with Crippen molar-refractivity contribution in [3.8, 4) is 10.8 Å². The van der Waals surface area contributed by atoms with Crippen LogP contribution in [-0.4, -0.2) is 16.0 Å². The van der Waals surface area contributed by atoms with E-state index in [2.05, 4.69) is 15.5 Å². The van der Waals surface area contributed by atoms with Crippen molar-refractivity contribution in [2.75, 3.05) is 5.32 Å². The molecule has 132 valence electrons. The second-order valence-electron chi connectivity index (χ2n) is 6.93. The quantitative estimate of drug-likeness (QED) is 0.545. The normalized spacial score (nSPS) is 11.8. The minimum atomic E-state index is -0.383. The van der Waals surface area contributed by atoms with Crippen molar-refractivity contribution in [3.05, 3.63) is 54.0 Å². The molecule has 0 aliphatic heterocycles. The summed E-state index contributed by atoms with van der Waals surface area (Å²) in [7, 11) is 0. The summed E-state index contributed by atoms with van der Waals surface area (Å²) in [4.78, 5) is 16.9. The number of hydrogen-bond donors (Lipinski definition) is 1. The molecule has 4 rings (SSSR count). The van der Waals surface area contributed by atoms with Gasteiger partial charge in [-0.2, -0.15) is 0 Å². The predicted octanol–water partition coefficient (Wildman–Crippen LogP) is 5.09. The third-order valence-electron chi connectivity index (χ3n) is 3.83. The number of amides is 1. The van der Waals surface area contributed by atoms with Crippen LogP contribution in [0.2, 0.25) is 0 Å². The summed E-state index contributed by atoms with van der Waals surface area (Å²) in [5.74, 6) is 1.43. The number of para-hydroxylation sites is 1. The molecule has 0 unspecified atom stereocenters. The van der Waals surface area contributed by atoms with Crippen molar-refractivity contribution in [1.82, 2.24) is 10.1 Å². The topological polar surface area (TPSA) is 81.2 Å². The summed E-state index contributed by atoms with van der Waals surface area (Å²) in [6.07, 6.45) is 0. The van der Waals surface area contributed by atoms with Gasteiger partial charge in [0.15, 0.2) is 22.3 Å². The number of fused-ring (bicyclic) bond motifs is 1. The Hall–Kier alpha value is -2.93. The number of rotatable bonds is 3. The minimum absolute atomic E-state index is 0.180. The molecule has 3 heterocycles. The lowest BCUT2D eigenvalue weighted by molar-refractivity contribution is 0.0996. The van der Waals surface area contributed by atoms with E-state index in [9.17, 15) is 4.79 Å². The first-order valence-corrected chi connectivity index (χ1v) is 8.96. The highest BCUT2D eigenvalue weighted by Gasteiger charge is 2.21. The van der Waals surface area contributed by atoms with Gasteiger partial charge in [0.05, 0.1) is 10.2 Å². The number of nitrogens with zero attached hydrogens (tertiary/aromatic N) is 2. The number of furan rings is 1. The molecule has 0 fully saturated rings. The number of carbonyl (C=O) groups is 1. The molecule has 4 aromatic rings. The highest BCUT2D eigenvalue weighted by Crippen LogP contribution is 2.31. The molecule has 0 radical (unpaired) electrons. The SMILES string of the molecule is CC(C)(C)c1cc(NC(=O)c2ccc(-c3nc4ccccc4s3)o2)no1.